The molecule has 0 amide bonds. The molecular weight excluding hydrogens is 224 g/mol. The Hall–Kier alpha value is -1.10. The van der Waals surface area contributed by atoms with Gasteiger partial charge in [0.05, 0.1) is 0 Å². The average Bonchev–Trinajstić information content (AvgIpc) is 2.26. The molecule has 0 aromatic rings. The number of aliphatic carboxylic acids is 2. The number of unbranched alkanes of at least 4 members (excludes halogenated alkanes) is 3. The zero-order chi connectivity index (χ0) is 13.1. The summed E-state index contributed by atoms with van der Waals surface area (Å²) in [6.07, 6.45) is 4.80. The summed E-state index contributed by atoms with van der Waals surface area (Å²) in [5.41, 5.74) is 0. The lowest BCUT2D eigenvalue weighted by Crippen LogP contribution is -2.23. The number of carboxylic acid groups (broad SMARTS) is 2. The maximum atomic E-state index is 10.6. The summed E-state index contributed by atoms with van der Waals surface area (Å²) < 4.78 is 5.34. The molecule has 0 spiro atoms. The summed E-state index contributed by atoms with van der Waals surface area (Å²) in [4.78, 5) is 21.1. The van der Waals surface area contributed by atoms with Gasteiger partial charge in [0.25, 0.3) is 0 Å². The van der Waals surface area contributed by atoms with Gasteiger partial charge in [0.1, 0.15) is 0 Å². The minimum absolute atomic E-state index is 0.170. The number of carboxylic acids is 2. The first-order valence-corrected chi connectivity index (χ1v) is 6.13. The van der Waals surface area contributed by atoms with Gasteiger partial charge in [-0.3, -0.25) is 9.59 Å². The first-order valence-electron chi connectivity index (χ1n) is 6.13. The van der Waals surface area contributed by atoms with Crippen molar-refractivity contribution in [2.24, 2.45) is 5.92 Å². The molecule has 5 heteroatoms. The van der Waals surface area contributed by atoms with Crippen molar-refractivity contribution in [1.82, 2.24) is 0 Å². The summed E-state index contributed by atoms with van der Waals surface area (Å²) in [7, 11) is 0. The Morgan fingerprint density at radius 2 is 1.53 bits per heavy atom. The zero-order valence-corrected chi connectivity index (χ0v) is 10.4. The van der Waals surface area contributed by atoms with Gasteiger partial charge in [-0.15, -0.1) is 0 Å². The van der Waals surface area contributed by atoms with Crippen LogP contribution in [0.1, 0.15) is 45.4 Å². The summed E-state index contributed by atoms with van der Waals surface area (Å²) in [6.45, 7) is 3.43. The quantitative estimate of drug-likeness (QED) is 0.431. The summed E-state index contributed by atoms with van der Waals surface area (Å²) in [5, 5.41) is 17.3. The van der Waals surface area contributed by atoms with Crippen LogP contribution in [0.25, 0.3) is 0 Å². The lowest BCUT2D eigenvalue weighted by molar-refractivity contribution is -0.154. The molecule has 17 heavy (non-hydrogen) atoms. The van der Waals surface area contributed by atoms with Crippen LogP contribution in [0.3, 0.4) is 0 Å². The summed E-state index contributed by atoms with van der Waals surface area (Å²) in [5.74, 6) is -3.81. The maximum Gasteiger partial charge on any atom is 0.317 e. The van der Waals surface area contributed by atoms with Crippen LogP contribution < -0.4 is 0 Å². The van der Waals surface area contributed by atoms with Crippen LogP contribution in [0.2, 0.25) is 0 Å². The van der Waals surface area contributed by atoms with Gasteiger partial charge in [0, 0.05) is 13.2 Å². The Morgan fingerprint density at radius 1 is 1.00 bits per heavy atom. The van der Waals surface area contributed by atoms with Gasteiger partial charge in [-0.1, -0.05) is 19.8 Å². The molecule has 0 atom stereocenters. The van der Waals surface area contributed by atoms with Gasteiger partial charge >= 0.3 is 11.9 Å². The molecule has 0 unspecified atom stereocenters. The molecule has 0 aliphatic rings. The lowest BCUT2D eigenvalue weighted by atomic mass is 10.0. The minimum Gasteiger partial charge on any atom is -0.481 e. The van der Waals surface area contributed by atoms with E-state index < -0.39 is 17.9 Å². The van der Waals surface area contributed by atoms with Crippen molar-refractivity contribution in [2.45, 2.75) is 45.4 Å². The molecule has 0 saturated heterocycles. The van der Waals surface area contributed by atoms with E-state index in [4.69, 9.17) is 14.9 Å². The van der Waals surface area contributed by atoms with E-state index in [1.54, 1.807) is 0 Å². The van der Waals surface area contributed by atoms with Crippen molar-refractivity contribution >= 4 is 11.9 Å². The number of hydrogen-bond acceptors (Lipinski definition) is 3. The molecule has 0 aliphatic carbocycles. The van der Waals surface area contributed by atoms with Gasteiger partial charge in [-0.2, -0.15) is 0 Å². The highest BCUT2D eigenvalue weighted by Crippen LogP contribution is 2.09. The van der Waals surface area contributed by atoms with Crippen LogP contribution >= 0.6 is 0 Å². The van der Waals surface area contributed by atoms with E-state index >= 15 is 0 Å². The van der Waals surface area contributed by atoms with Crippen LogP contribution in [-0.2, 0) is 14.3 Å². The topological polar surface area (TPSA) is 83.8 Å². The Bertz CT molecular complexity index is 213. The number of carbonyl (C=O) groups is 2. The molecular formula is C12H22O5. The molecule has 0 rings (SSSR count). The molecule has 5 nitrogen and oxygen atoms in total. The molecule has 2 N–H and O–H groups in total. The predicted molar refractivity (Wildman–Crippen MR) is 63.0 cm³/mol. The van der Waals surface area contributed by atoms with Crippen LogP contribution in [-0.4, -0.2) is 35.4 Å². The number of hydrogen-bond donors (Lipinski definition) is 2. The van der Waals surface area contributed by atoms with E-state index in [0.29, 0.717) is 19.4 Å². The molecule has 0 fully saturated rings. The molecule has 0 radical (unpaired) electrons. The second kappa shape index (κ2) is 10.1. The third kappa shape index (κ3) is 8.68. The molecule has 0 aliphatic heterocycles. The van der Waals surface area contributed by atoms with Crippen LogP contribution in [0.15, 0.2) is 0 Å². The monoisotopic (exact) mass is 246 g/mol. The highest BCUT2D eigenvalue weighted by Gasteiger charge is 2.24. The molecule has 0 heterocycles. The molecule has 100 valence electrons. The fraction of sp³-hybridized carbons (Fsp3) is 0.833. The van der Waals surface area contributed by atoms with E-state index in [0.717, 1.165) is 25.9 Å². The lowest BCUT2D eigenvalue weighted by Gasteiger charge is -2.07. The zero-order valence-electron chi connectivity index (χ0n) is 10.4. The van der Waals surface area contributed by atoms with E-state index in [1.165, 1.54) is 0 Å². The summed E-state index contributed by atoms with van der Waals surface area (Å²) in [6, 6.07) is 0. The fourth-order valence-corrected chi connectivity index (χ4v) is 1.46. The molecule has 0 aromatic carbocycles. The van der Waals surface area contributed by atoms with Gasteiger partial charge < -0.3 is 14.9 Å². The number of rotatable bonds is 11. The predicted octanol–water partition coefficient (Wildman–Crippen LogP) is 2.15. The van der Waals surface area contributed by atoms with Crippen LogP contribution in [0.4, 0.5) is 0 Å². The first-order chi connectivity index (χ1) is 8.09. The first kappa shape index (κ1) is 15.9. The SMILES string of the molecule is CCCCCOCCCCC(C(=O)O)C(=O)O. The standard InChI is InChI=1S/C12H22O5/c1-2-3-5-8-17-9-6-4-7-10(11(13)14)12(15)16/h10H,2-9H2,1H3,(H,13,14)(H,15,16). The Morgan fingerprint density at radius 3 is 2.00 bits per heavy atom. The second-order valence-corrected chi connectivity index (χ2v) is 4.04. The van der Waals surface area contributed by atoms with Gasteiger partial charge in [0.2, 0.25) is 0 Å². The second-order valence-electron chi connectivity index (χ2n) is 4.04. The smallest absolute Gasteiger partial charge is 0.317 e. The maximum absolute atomic E-state index is 10.6. The van der Waals surface area contributed by atoms with Crippen molar-refractivity contribution in [1.29, 1.82) is 0 Å². The third-order valence-corrected chi connectivity index (χ3v) is 2.52. The van der Waals surface area contributed by atoms with Crippen molar-refractivity contribution in [3.63, 3.8) is 0 Å². The van der Waals surface area contributed by atoms with E-state index in [9.17, 15) is 9.59 Å². The van der Waals surface area contributed by atoms with E-state index in [1.807, 2.05) is 0 Å². The van der Waals surface area contributed by atoms with Gasteiger partial charge in [0.15, 0.2) is 5.92 Å². The van der Waals surface area contributed by atoms with E-state index in [-0.39, 0.29) is 6.42 Å². The van der Waals surface area contributed by atoms with E-state index in [2.05, 4.69) is 6.92 Å². The van der Waals surface area contributed by atoms with Gasteiger partial charge in [-0.25, -0.2) is 0 Å². The number of ether oxygens (including phenoxy) is 1. The average molecular weight is 246 g/mol. The molecule has 0 saturated carbocycles. The highest BCUT2D eigenvalue weighted by molar-refractivity contribution is 5.92. The highest BCUT2D eigenvalue weighted by atomic mass is 16.5. The van der Waals surface area contributed by atoms with Crippen molar-refractivity contribution < 1.29 is 24.5 Å². The molecule has 0 bridgehead atoms. The minimum atomic E-state index is -1.28. The Labute approximate surface area is 102 Å². The fourth-order valence-electron chi connectivity index (χ4n) is 1.46. The van der Waals surface area contributed by atoms with Crippen molar-refractivity contribution in [3.05, 3.63) is 0 Å². The van der Waals surface area contributed by atoms with Crippen LogP contribution in [0.5, 0.6) is 0 Å². The van der Waals surface area contributed by atoms with Crippen LogP contribution in [0, 0.1) is 5.92 Å². The Kier molecular flexibility index (Phi) is 9.43. The largest absolute Gasteiger partial charge is 0.481 e. The normalized spacial score (nSPS) is 10.7. The van der Waals surface area contributed by atoms with Crippen molar-refractivity contribution in [2.75, 3.05) is 13.2 Å². The Balaban J connectivity index is 3.43. The molecule has 0 aromatic heterocycles. The van der Waals surface area contributed by atoms with Gasteiger partial charge in [-0.05, 0) is 25.7 Å². The van der Waals surface area contributed by atoms with Crippen molar-refractivity contribution in [3.8, 4) is 0 Å². The summed E-state index contributed by atoms with van der Waals surface area (Å²) >= 11 is 0. The third-order valence-electron chi connectivity index (χ3n) is 2.52.